The van der Waals surface area contributed by atoms with Crippen molar-refractivity contribution >= 4 is 46.1 Å². The van der Waals surface area contributed by atoms with Gasteiger partial charge < -0.3 is 15.4 Å². The Morgan fingerprint density at radius 3 is 2.88 bits per heavy atom. The molecule has 0 amide bonds. The van der Waals surface area contributed by atoms with E-state index >= 15 is 0 Å². The van der Waals surface area contributed by atoms with E-state index in [1.807, 2.05) is 37.5 Å². The van der Waals surface area contributed by atoms with Gasteiger partial charge in [0.1, 0.15) is 0 Å². The maximum absolute atomic E-state index is 6.21. The molecular weight excluding hydrogens is 456 g/mol. The minimum absolute atomic E-state index is 0.526. The molecule has 2 aliphatic heterocycles. The molecule has 0 saturated carbocycles. The van der Waals surface area contributed by atoms with Crippen LogP contribution in [0.5, 0.6) is 0 Å². The van der Waals surface area contributed by atoms with Gasteiger partial charge in [-0.2, -0.15) is 0 Å². The van der Waals surface area contributed by atoms with E-state index in [9.17, 15) is 0 Å². The largest absolute Gasteiger partial charge is 0.379 e. The van der Waals surface area contributed by atoms with Gasteiger partial charge in [0.15, 0.2) is 0 Å². The monoisotopic (exact) mass is 480 g/mol. The molecule has 33 heavy (non-hydrogen) atoms. The zero-order valence-corrected chi connectivity index (χ0v) is 20.0. The topological polar surface area (TPSA) is 75.2 Å². The summed E-state index contributed by atoms with van der Waals surface area (Å²) < 4.78 is 5.44. The fourth-order valence-corrected chi connectivity index (χ4v) is 4.53. The number of thiocarbonyl (C=S) groups is 1. The Labute approximate surface area is 203 Å². The van der Waals surface area contributed by atoms with Crippen molar-refractivity contribution in [2.24, 2.45) is 0 Å². The third-order valence-corrected chi connectivity index (χ3v) is 6.42. The zero-order chi connectivity index (χ0) is 22.8. The summed E-state index contributed by atoms with van der Waals surface area (Å²) in [4.78, 5) is 17.1. The van der Waals surface area contributed by atoms with Gasteiger partial charge in [-0.15, -0.1) is 0 Å². The molecule has 0 unspecified atom stereocenters. The molecule has 1 aromatic carbocycles. The first-order valence-electron chi connectivity index (χ1n) is 11.0. The molecule has 2 aromatic heterocycles. The van der Waals surface area contributed by atoms with Crippen molar-refractivity contribution in [2.45, 2.75) is 19.8 Å². The highest BCUT2D eigenvalue weighted by atomic mass is 35.5. The van der Waals surface area contributed by atoms with E-state index in [-0.39, 0.29) is 0 Å². The van der Waals surface area contributed by atoms with Crippen LogP contribution in [-0.2, 0) is 17.6 Å². The molecule has 3 aromatic rings. The Morgan fingerprint density at radius 2 is 2.03 bits per heavy atom. The average molecular weight is 481 g/mol. The first-order chi connectivity index (χ1) is 16.0. The number of hydrogen-bond acceptors (Lipinski definition) is 7. The molecule has 0 atom stereocenters. The van der Waals surface area contributed by atoms with E-state index in [0.29, 0.717) is 17.4 Å². The summed E-state index contributed by atoms with van der Waals surface area (Å²) in [6.45, 7) is 6.57. The second-order valence-electron chi connectivity index (χ2n) is 8.29. The van der Waals surface area contributed by atoms with Crippen LogP contribution in [0.25, 0.3) is 11.3 Å². The van der Waals surface area contributed by atoms with E-state index in [4.69, 9.17) is 33.5 Å². The molecule has 2 aliphatic rings. The standard InChI is InChI=1S/C24H25ClN6OS/c1-15-20(10-16(13-26-15)4-5-31-6-8-32-9-7-31)29-24-27-14-17-11-22(33)28-21-12-18(25)2-3-19(21)23(17)30-24/h2-3,10,12-14H,4-9,11H2,1H3,(H,28,33)(H,27,29,30). The third-order valence-electron chi connectivity index (χ3n) is 5.94. The number of rotatable bonds is 5. The number of ether oxygens (including phenoxy) is 1. The number of pyridine rings is 1. The van der Waals surface area contributed by atoms with E-state index in [2.05, 4.69) is 31.6 Å². The molecule has 0 radical (unpaired) electrons. The molecule has 170 valence electrons. The number of morpholine rings is 1. The molecule has 4 heterocycles. The van der Waals surface area contributed by atoms with Gasteiger partial charge in [0, 0.05) is 60.3 Å². The third kappa shape index (κ3) is 5.14. The van der Waals surface area contributed by atoms with Gasteiger partial charge in [-0.3, -0.25) is 9.88 Å². The highest BCUT2D eigenvalue weighted by molar-refractivity contribution is 7.80. The van der Waals surface area contributed by atoms with Gasteiger partial charge in [-0.05, 0) is 43.2 Å². The van der Waals surface area contributed by atoms with Crippen LogP contribution in [0, 0.1) is 6.92 Å². The first kappa shape index (κ1) is 22.2. The summed E-state index contributed by atoms with van der Waals surface area (Å²) >= 11 is 11.7. The van der Waals surface area contributed by atoms with Crippen molar-refractivity contribution in [2.75, 3.05) is 43.5 Å². The molecule has 1 fully saturated rings. The summed E-state index contributed by atoms with van der Waals surface area (Å²) in [6.07, 6.45) is 5.30. The van der Waals surface area contributed by atoms with Crippen LogP contribution in [0.3, 0.4) is 0 Å². The molecule has 1 saturated heterocycles. The fourth-order valence-electron chi connectivity index (χ4n) is 4.10. The second kappa shape index (κ2) is 9.69. The quantitative estimate of drug-likeness (QED) is 0.520. The molecule has 5 rings (SSSR count). The van der Waals surface area contributed by atoms with Gasteiger partial charge in [-0.25, -0.2) is 9.97 Å². The van der Waals surface area contributed by atoms with Crippen molar-refractivity contribution in [1.82, 2.24) is 19.9 Å². The first-order valence-corrected chi connectivity index (χ1v) is 11.8. The predicted molar refractivity (Wildman–Crippen MR) is 136 cm³/mol. The lowest BCUT2D eigenvalue weighted by Crippen LogP contribution is -2.37. The zero-order valence-electron chi connectivity index (χ0n) is 18.4. The molecule has 0 aliphatic carbocycles. The Hall–Kier alpha value is -2.65. The summed E-state index contributed by atoms with van der Waals surface area (Å²) in [5.74, 6) is 0.526. The lowest BCUT2D eigenvalue weighted by molar-refractivity contribution is 0.0384. The Morgan fingerprint density at radius 1 is 1.18 bits per heavy atom. The molecule has 9 heteroatoms. The number of anilines is 3. The van der Waals surface area contributed by atoms with Crippen molar-refractivity contribution < 1.29 is 4.74 Å². The lowest BCUT2D eigenvalue weighted by Gasteiger charge is -2.26. The number of aryl methyl sites for hydroxylation is 1. The van der Waals surface area contributed by atoms with E-state index in [1.54, 1.807) is 0 Å². The van der Waals surface area contributed by atoms with Gasteiger partial charge in [0.25, 0.3) is 0 Å². The van der Waals surface area contributed by atoms with Gasteiger partial charge in [-0.1, -0.05) is 23.8 Å². The summed E-state index contributed by atoms with van der Waals surface area (Å²) in [5, 5.41) is 7.30. The number of hydrogen-bond donors (Lipinski definition) is 2. The molecular formula is C24H25ClN6OS. The van der Waals surface area contributed by atoms with Crippen molar-refractivity contribution in [1.29, 1.82) is 0 Å². The Bertz CT molecular complexity index is 1200. The van der Waals surface area contributed by atoms with Crippen molar-refractivity contribution in [3.8, 4) is 11.3 Å². The number of aromatic nitrogens is 3. The predicted octanol–water partition coefficient (Wildman–Crippen LogP) is 4.41. The number of benzene rings is 1. The smallest absolute Gasteiger partial charge is 0.227 e. The minimum Gasteiger partial charge on any atom is -0.379 e. The van der Waals surface area contributed by atoms with Gasteiger partial charge in [0.2, 0.25) is 5.95 Å². The molecule has 0 bridgehead atoms. The molecule has 7 nitrogen and oxygen atoms in total. The average Bonchev–Trinajstić information content (AvgIpc) is 2.95. The summed E-state index contributed by atoms with van der Waals surface area (Å²) in [7, 11) is 0. The second-order valence-corrected chi connectivity index (χ2v) is 9.22. The van der Waals surface area contributed by atoms with Crippen LogP contribution < -0.4 is 10.6 Å². The highest BCUT2D eigenvalue weighted by Crippen LogP contribution is 2.35. The number of nitrogens with one attached hydrogen (secondary N) is 2. The molecule has 2 N–H and O–H groups in total. The van der Waals surface area contributed by atoms with Crippen LogP contribution >= 0.6 is 23.8 Å². The minimum atomic E-state index is 0.526. The maximum Gasteiger partial charge on any atom is 0.227 e. The van der Waals surface area contributed by atoms with Gasteiger partial charge >= 0.3 is 0 Å². The Balaban J connectivity index is 1.39. The number of fused-ring (bicyclic) bond motifs is 3. The number of halogens is 1. The van der Waals surface area contributed by atoms with Crippen LogP contribution in [0.4, 0.5) is 17.3 Å². The molecule has 0 spiro atoms. The van der Waals surface area contributed by atoms with E-state index in [1.165, 1.54) is 5.56 Å². The fraction of sp³-hybridized carbons (Fsp3) is 0.333. The van der Waals surface area contributed by atoms with E-state index in [0.717, 1.165) is 78.1 Å². The maximum atomic E-state index is 6.21. The normalized spacial score (nSPS) is 15.9. The summed E-state index contributed by atoms with van der Waals surface area (Å²) in [5.41, 5.74) is 6.63. The van der Waals surface area contributed by atoms with Gasteiger partial charge in [0.05, 0.1) is 35.3 Å². The van der Waals surface area contributed by atoms with Crippen molar-refractivity contribution in [3.63, 3.8) is 0 Å². The van der Waals surface area contributed by atoms with Crippen LogP contribution in [0.1, 0.15) is 16.8 Å². The van der Waals surface area contributed by atoms with Crippen LogP contribution in [-0.4, -0.2) is 57.7 Å². The van der Waals surface area contributed by atoms with Crippen LogP contribution in [0.15, 0.2) is 36.7 Å². The highest BCUT2D eigenvalue weighted by Gasteiger charge is 2.20. The summed E-state index contributed by atoms with van der Waals surface area (Å²) in [6, 6.07) is 7.84. The Kier molecular flexibility index (Phi) is 6.50. The van der Waals surface area contributed by atoms with Crippen molar-refractivity contribution in [3.05, 3.63) is 58.5 Å². The van der Waals surface area contributed by atoms with E-state index < -0.39 is 0 Å². The lowest BCUT2D eigenvalue weighted by atomic mass is 10.1. The number of nitrogens with zero attached hydrogens (tertiary/aromatic N) is 4. The SMILES string of the molecule is Cc1ncc(CCN2CCOCC2)cc1Nc1ncc2c(n1)-c1ccc(Cl)cc1NC(=S)C2. The van der Waals surface area contributed by atoms with Crippen LogP contribution in [0.2, 0.25) is 5.02 Å².